The van der Waals surface area contributed by atoms with Crippen LogP contribution in [0, 0.1) is 5.92 Å². The highest BCUT2D eigenvalue weighted by atomic mass is 19.4. The van der Waals surface area contributed by atoms with E-state index >= 15 is 0 Å². The summed E-state index contributed by atoms with van der Waals surface area (Å²) in [5.41, 5.74) is 5.52. The van der Waals surface area contributed by atoms with Crippen molar-refractivity contribution >= 4 is 0 Å². The van der Waals surface area contributed by atoms with Crippen LogP contribution in [0.1, 0.15) is 37.4 Å². The lowest BCUT2D eigenvalue weighted by Crippen LogP contribution is -2.37. The van der Waals surface area contributed by atoms with Gasteiger partial charge >= 0.3 is 6.18 Å². The fraction of sp³-hybridized carbons (Fsp3) is 0.600. The average molecular weight is 286 g/mol. The molecule has 0 amide bonds. The number of hydrogen-bond acceptors (Lipinski definition) is 2. The lowest BCUT2D eigenvalue weighted by molar-refractivity contribution is -0.138. The van der Waals surface area contributed by atoms with Crippen LogP contribution in [0.3, 0.4) is 0 Å². The van der Waals surface area contributed by atoms with Gasteiger partial charge in [0.15, 0.2) is 0 Å². The summed E-state index contributed by atoms with van der Waals surface area (Å²) in [6, 6.07) is 5.67. The van der Waals surface area contributed by atoms with Gasteiger partial charge in [0.2, 0.25) is 0 Å². The van der Waals surface area contributed by atoms with Crippen molar-refractivity contribution in [3.8, 4) is 0 Å². The molecule has 112 valence electrons. The van der Waals surface area contributed by atoms with E-state index < -0.39 is 11.7 Å². The van der Waals surface area contributed by atoms with Gasteiger partial charge in [0, 0.05) is 25.2 Å². The van der Waals surface area contributed by atoms with E-state index in [0.29, 0.717) is 11.5 Å². The highest BCUT2D eigenvalue weighted by Gasteiger charge is 2.38. The third kappa shape index (κ3) is 2.99. The maximum absolute atomic E-state index is 13.1. The maximum Gasteiger partial charge on any atom is 0.416 e. The molecule has 1 aromatic rings. The van der Waals surface area contributed by atoms with Gasteiger partial charge in [0.25, 0.3) is 0 Å². The van der Waals surface area contributed by atoms with Gasteiger partial charge in [-0.05, 0) is 30.9 Å². The van der Waals surface area contributed by atoms with Gasteiger partial charge in [-0.3, -0.25) is 4.90 Å². The Kier molecular flexibility index (Phi) is 4.39. The third-order valence-electron chi connectivity index (χ3n) is 4.08. The highest BCUT2D eigenvalue weighted by Crippen LogP contribution is 2.38. The Balaban J connectivity index is 2.38. The van der Waals surface area contributed by atoms with Crippen molar-refractivity contribution in [3.05, 3.63) is 35.4 Å². The largest absolute Gasteiger partial charge is 0.416 e. The van der Waals surface area contributed by atoms with Gasteiger partial charge in [-0.15, -0.1) is 0 Å². The molecule has 3 atom stereocenters. The number of hydrogen-bond donors (Lipinski definition) is 1. The van der Waals surface area contributed by atoms with Gasteiger partial charge in [-0.2, -0.15) is 13.2 Å². The SMILES string of the molecule is CC1CC(C)N(C(CN)c2ccccc2C(F)(F)F)C1. The Hall–Kier alpha value is -1.07. The van der Waals surface area contributed by atoms with E-state index in [-0.39, 0.29) is 18.6 Å². The molecule has 1 aromatic carbocycles. The van der Waals surface area contributed by atoms with Gasteiger partial charge in [0.1, 0.15) is 0 Å². The molecule has 1 heterocycles. The van der Waals surface area contributed by atoms with E-state index in [1.165, 1.54) is 6.07 Å². The van der Waals surface area contributed by atoms with Crippen molar-refractivity contribution in [3.63, 3.8) is 0 Å². The first-order chi connectivity index (χ1) is 9.34. The van der Waals surface area contributed by atoms with Crippen LogP contribution < -0.4 is 5.73 Å². The van der Waals surface area contributed by atoms with Crippen molar-refractivity contribution in [2.45, 2.75) is 38.5 Å². The topological polar surface area (TPSA) is 29.3 Å². The van der Waals surface area contributed by atoms with Crippen LogP contribution in [0.15, 0.2) is 24.3 Å². The first-order valence-corrected chi connectivity index (χ1v) is 6.96. The summed E-state index contributed by atoms with van der Waals surface area (Å²) in [4.78, 5) is 2.11. The van der Waals surface area contributed by atoms with Gasteiger partial charge < -0.3 is 5.73 Å². The lowest BCUT2D eigenvalue weighted by Gasteiger charge is -2.32. The molecule has 2 rings (SSSR count). The van der Waals surface area contributed by atoms with Crippen LogP contribution >= 0.6 is 0 Å². The average Bonchev–Trinajstić information content (AvgIpc) is 2.69. The fourth-order valence-electron chi connectivity index (χ4n) is 3.25. The number of alkyl halides is 3. The summed E-state index contributed by atoms with van der Waals surface area (Å²) in [6.45, 7) is 5.18. The maximum atomic E-state index is 13.1. The lowest BCUT2D eigenvalue weighted by atomic mass is 9.98. The molecule has 1 aliphatic heterocycles. The third-order valence-corrected chi connectivity index (χ3v) is 4.08. The predicted octanol–water partition coefficient (Wildman–Crippen LogP) is 3.44. The molecule has 0 saturated carbocycles. The smallest absolute Gasteiger partial charge is 0.329 e. The number of likely N-dealkylation sites (tertiary alicyclic amines) is 1. The summed E-state index contributed by atoms with van der Waals surface area (Å²) in [6.07, 6.45) is -3.33. The van der Waals surface area contributed by atoms with E-state index in [1.807, 2.05) is 0 Å². The molecule has 1 saturated heterocycles. The van der Waals surface area contributed by atoms with E-state index in [9.17, 15) is 13.2 Å². The molecule has 2 N–H and O–H groups in total. The second-order valence-electron chi connectivity index (χ2n) is 5.72. The second-order valence-corrected chi connectivity index (χ2v) is 5.72. The van der Waals surface area contributed by atoms with E-state index in [2.05, 4.69) is 18.7 Å². The Morgan fingerprint density at radius 1 is 1.30 bits per heavy atom. The van der Waals surface area contributed by atoms with E-state index in [4.69, 9.17) is 5.73 Å². The van der Waals surface area contributed by atoms with Crippen LogP contribution in [0.2, 0.25) is 0 Å². The van der Waals surface area contributed by atoms with Crippen molar-refractivity contribution in [2.24, 2.45) is 11.7 Å². The molecule has 0 aromatic heterocycles. The summed E-state index contributed by atoms with van der Waals surface area (Å²) in [7, 11) is 0. The molecular weight excluding hydrogens is 265 g/mol. The minimum Gasteiger partial charge on any atom is -0.329 e. The quantitative estimate of drug-likeness (QED) is 0.922. The molecule has 1 fully saturated rings. The zero-order chi connectivity index (χ0) is 14.9. The Morgan fingerprint density at radius 3 is 2.45 bits per heavy atom. The Bertz CT molecular complexity index is 459. The molecule has 0 spiro atoms. The number of nitrogens with two attached hydrogens (primary N) is 1. The molecular formula is C15H21F3N2. The van der Waals surface area contributed by atoms with Gasteiger partial charge in [-0.1, -0.05) is 25.1 Å². The predicted molar refractivity (Wildman–Crippen MR) is 73.2 cm³/mol. The Labute approximate surface area is 117 Å². The number of halogens is 3. The van der Waals surface area contributed by atoms with E-state index in [0.717, 1.165) is 19.0 Å². The molecule has 5 heteroatoms. The van der Waals surface area contributed by atoms with Crippen LogP contribution in [-0.4, -0.2) is 24.0 Å². The van der Waals surface area contributed by atoms with Gasteiger partial charge in [-0.25, -0.2) is 0 Å². The molecule has 0 aliphatic carbocycles. The minimum absolute atomic E-state index is 0.199. The molecule has 2 nitrogen and oxygen atoms in total. The van der Waals surface area contributed by atoms with E-state index in [1.54, 1.807) is 12.1 Å². The normalized spacial score (nSPS) is 25.9. The molecule has 0 bridgehead atoms. The second kappa shape index (κ2) is 5.74. The molecule has 3 unspecified atom stereocenters. The van der Waals surface area contributed by atoms with Crippen molar-refractivity contribution in [2.75, 3.05) is 13.1 Å². The standard InChI is InChI=1S/C15H21F3N2/c1-10-7-11(2)20(9-10)14(8-19)12-5-3-4-6-13(12)15(16,17)18/h3-6,10-11,14H,7-9,19H2,1-2H3. The summed E-state index contributed by atoms with van der Waals surface area (Å²) >= 11 is 0. The van der Waals surface area contributed by atoms with Gasteiger partial charge in [0.05, 0.1) is 5.56 Å². The highest BCUT2D eigenvalue weighted by molar-refractivity contribution is 5.33. The number of nitrogens with zero attached hydrogens (tertiary/aromatic N) is 1. The zero-order valence-electron chi connectivity index (χ0n) is 11.8. The van der Waals surface area contributed by atoms with Crippen molar-refractivity contribution in [1.82, 2.24) is 4.90 Å². The molecule has 20 heavy (non-hydrogen) atoms. The van der Waals surface area contributed by atoms with Crippen molar-refractivity contribution < 1.29 is 13.2 Å². The summed E-state index contributed by atoms with van der Waals surface area (Å²) in [5.74, 6) is 0.497. The van der Waals surface area contributed by atoms with Crippen molar-refractivity contribution in [1.29, 1.82) is 0 Å². The summed E-state index contributed by atoms with van der Waals surface area (Å²) < 4.78 is 39.4. The molecule has 0 radical (unpaired) electrons. The van der Waals surface area contributed by atoms with Crippen LogP contribution in [0.5, 0.6) is 0 Å². The van der Waals surface area contributed by atoms with Crippen LogP contribution in [-0.2, 0) is 6.18 Å². The monoisotopic (exact) mass is 286 g/mol. The minimum atomic E-state index is -4.33. The van der Waals surface area contributed by atoms with Crippen LogP contribution in [0.25, 0.3) is 0 Å². The first kappa shape index (κ1) is 15.3. The Morgan fingerprint density at radius 2 is 1.95 bits per heavy atom. The summed E-state index contributed by atoms with van der Waals surface area (Å²) in [5, 5.41) is 0. The zero-order valence-corrected chi connectivity index (χ0v) is 11.8. The fourth-order valence-corrected chi connectivity index (χ4v) is 3.25. The van der Waals surface area contributed by atoms with Crippen LogP contribution in [0.4, 0.5) is 13.2 Å². The first-order valence-electron chi connectivity index (χ1n) is 6.96. The number of rotatable bonds is 3. The number of benzene rings is 1. The molecule has 1 aliphatic rings.